The molecule has 0 aromatic heterocycles. The van der Waals surface area contributed by atoms with Crippen LogP contribution in [-0.4, -0.2) is 71.7 Å². The number of carbonyl (C=O) groups is 4. The zero-order valence-corrected chi connectivity index (χ0v) is 17.0. The van der Waals surface area contributed by atoms with Gasteiger partial charge in [-0.2, -0.15) is 0 Å². The van der Waals surface area contributed by atoms with Gasteiger partial charge in [-0.1, -0.05) is 18.2 Å². The van der Waals surface area contributed by atoms with Crippen LogP contribution in [0.4, 0.5) is 0 Å². The van der Waals surface area contributed by atoms with Crippen LogP contribution in [0.25, 0.3) is 0 Å². The molecule has 0 saturated carbocycles. The van der Waals surface area contributed by atoms with E-state index in [4.69, 9.17) is 14.6 Å². The van der Waals surface area contributed by atoms with Gasteiger partial charge in [0.15, 0.2) is 13.4 Å². The number of ether oxygens (including phenoxy) is 3. The minimum atomic E-state index is -0.921. The number of hydrogen-bond donors (Lipinski definition) is 2. The lowest BCUT2D eigenvalue weighted by atomic mass is 10.1. The molecule has 2 rings (SSSR count). The Morgan fingerprint density at radius 1 is 1.23 bits per heavy atom. The fraction of sp³-hybridized carbons (Fsp3) is 0.368. The molecule has 30 heavy (non-hydrogen) atoms. The van der Waals surface area contributed by atoms with Gasteiger partial charge in [-0.05, 0) is 24.5 Å². The van der Waals surface area contributed by atoms with Crippen molar-refractivity contribution in [2.75, 3.05) is 26.6 Å². The van der Waals surface area contributed by atoms with E-state index in [0.29, 0.717) is 5.75 Å². The van der Waals surface area contributed by atoms with E-state index in [1.165, 1.54) is 16.4 Å². The molecular weight excluding hydrogens is 416 g/mol. The molecule has 162 valence electrons. The van der Waals surface area contributed by atoms with Crippen molar-refractivity contribution < 1.29 is 38.5 Å². The monoisotopic (exact) mass is 438 g/mol. The van der Waals surface area contributed by atoms with E-state index in [1.807, 2.05) is 6.07 Å². The minimum absolute atomic E-state index is 0.217. The maximum atomic E-state index is 12.4. The van der Waals surface area contributed by atoms with Crippen LogP contribution in [0.2, 0.25) is 0 Å². The molecule has 0 aliphatic carbocycles. The lowest BCUT2D eigenvalue weighted by Gasteiger charge is -2.45. The predicted octanol–water partition coefficient (Wildman–Crippen LogP) is 0.0215. The molecule has 1 heterocycles. The second-order valence-electron chi connectivity index (χ2n) is 5.84. The van der Waals surface area contributed by atoms with Crippen LogP contribution in [-0.2, 0) is 28.7 Å². The summed E-state index contributed by atoms with van der Waals surface area (Å²) >= 11 is 1.05. The largest absolute Gasteiger partial charge is 0.484 e. The van der Waals surface area contributed by atoms with E-state index in [2.05, 4.69) is 10.1 Å². The van der Waals surface area contributed by atoms with Crippen LogP contribution < -0.4 is 10.1 Å². The second-order valence-corrected chi connectivity index (χ2v) is 6.87. The van der Waals surface area contributed by atoms with Crippen LogP contribution >= 0.6 is 11.8 Å². The Morgan fingerprint density at radius 3 is 2.63 bits per heavy atom. The summed E-state index contributed by atoms with van der Waals surface area (Å²) in [5.74, 6) is -1.87. The fourth-order valence-corrected chi connectivity index (χ4v) is 3.50. The SMILES string of the molecule is CCOC(=O)C=CS[C@@H]1[C@@H](NC(=O)COc2ccccc2)C(=O)N1CC(=O)OCO. The predicted molar refractivity (Wildman–Crippen MR) is 106 cm³/mol. The standard InChI is InChI=1S/C19H22N2O8S/c1-2-27-15(24)8-9-30-19-17(18(26)21(19)10-16(25)29-12-22)20-14(23)11-28-13-6-4-3-5-7-13/h3-9,17,19,22H,2,10-12H2,1H3,(H,20,23)/t17-,19+/m0/s1. The number of para-hydroxylation sites is 1. The molecule has 2 N–H and O–H groups in total. The number of aliphatic hydroxyl groups is 1. The van der Waals surface area contributed by atoms with Gasteiger partial charge in [0.1, 0.15) is 23.7 Å². The highest BCUT2D eigenvalue weighted by Crippen LogP contribution is 2.30. The Hall–Kier alpha value is -3.05. The van der Waals surface area contributed by atoms with Crippen molar-refractivity contribution in [3.8, 4) is 5.75 Å². The zero-order valence-electron chi connectivity index (χ0n) is 16.2. The van der Waals surface area contributed by atoms with E-state index < -0.39 is 48.5 Å². The third-order valence-corrected chi connectivity index (χ3v) is 4.90. The third kappa shape index (κ3) is 6.78. The molecule has 1 aromatic carbocycles. The Labute approximate surface area is 177 Å². The molecule has 2 atom stereocenters. The molecule has 0 unspecified atom stereocenters. The van der Waals surface area contributed by atoms with Gasteiger partial charge in [-0.25, -0.2) is 4.79 Å². The number of amides is 2. The summed E-state index contributed by atoms with van der Waals surface area (Å²) in [5, 5.41) is 12.0. The number of benzene rings is 1. The first-order chi connectivity index (χ1) is 14.5. The van der Waals surface area contributed by atoms with Gasteiger partial charge >= 0.3 is 11.9 Å². The van der Waals surface area contributed by atoms with Crippen molar-refractivity contribution in [1.82, 2.24) is 10.2 Å². The van der Waals surface area contributed by atoms with Crippen molar-refractivity contribution in [3.63, 3.8) is 0 Å². The Bertz CT molecular complexity index is 786. The first-order valence-electron chi connectivity index (χ1n) is 8.99. The number of likely N-dealkylation sites (tertiary alicyclic amines) is 1. The normalized spacial score (nSPS) is 17.9. The molecule has 10 nitrogen and oxygen atoms in total. The molecule has 1 aliphatic heterocycles. The Morgan fingerprint density at radius 2 is 1.97 bits per heavy atom. The summed E-state index contributed by atoms with van der Waals surface area (Å²) in [6.45, 7) is 0.377. The minimum Gasteiger partial charge on any atom is -0.484 e. The topological polar surface area (TPSA) is 131 Å². The van der Waals surface area contributed by atoms with Crippen LogP contribution in [0.3, 0.4) is 0 Å². The van der Waals surface area contributed by atoms with Gasteiger partial charge in [0.2, 0.25) is 5.91 Å². The lowest BCUT2D eigenvalue weighted by Crippen LogP contribution is -2.70. The molecule has 11 heteroatoms. The number of hydrogen-bond acceptors (Lipinski definition) is 9. The van der Waals surface area contributed by atoms with Gasteiger partial charge in [-0.3, -0.25) is 14.4 Å². The number of thioether (sulfide) groups is 1. The zero-order chi connectivity index (χ0) is 21.9. The summed E-state index contributed by atoms with van der Waals surface area (Å²) in [6.07, 6.45) is 1.18. The van der Waals surface area contributed by atoms with E-state index in [1.54, 1.807) is 31.2 Å². The Kier molecular flexibility index (Phi) is 9.16. The number of esters is 2. The van der Waals surface area contributed by atoms with Crippen LogP contribution in [0.5, 0.6) is 5.75 Å². The first kappa shape index (κ1) is 23.2. The van der Waals surface area contributed by atoms with E-state index in [9.17, 15) is 19.2 Å². The summed E-state index contributed by atoms with van der Waals surface area (Å²) < 4.78 is 14.6. The first-order valence-corrected chi connectivity index (χ1v) is 9.93. The highest BCUT2D eigenvalue weighted by molar-refractivity contribution is 8.02. The molecule has 2 amide bonds. The number of nitrogens with one attached hydrogen (secondary N) is 1. The molecule has 1 fully saturated rings. The second kappa shape index (κ2) is 11.8. The van der Waals surface area contributed by atoms with Crippen LogP contribution in [0.15, 0.2) is 41.8 Å². The van der Waals surface area contributed by atoms with Crippen molar-refractivity contribution in [1.29, 1.82) is 0 Å². The quantitative estimate of drug-likeness (QED) is 0.212. The van der Waals surface area contributed by atoms with Crippen LogP contribution in [0, 0.1) is 0 Å². The maximum absolute atomic E-state index is 12.4. The summed E-state index contributed by atoms with van der Waals surface area (Å²) in [4.78, 5) is 48.8. The number of carbonyl (C=O) groups excluding carboxylic acids is 4. The van der Waals surface area contributed by atoms with E-state index in [-0.39, 0.29) is 13.2 Å². The van der Waals surface area contributed by atoms with Gasteiger partial charge < -0.3 is 29.5 Å². The maximum Gasteiger partial charge on any atom is 0.331 e. The highest BCUT2D eigenvalue weighted by Gasteiger charge is 2.49. The fourth-order valence-electron chi connectivity index (χ4n) is 2.48. The van der Waals surface area contributed by atoms with Crippen LogP contribution in [0.1, 0.15) is 6.92 Å². The number of nitrogens with zero attached hydrogens (tertiary/aromatic N) is 1. The molecule has 1 aliphatic rings. The van der Waals surface area contributed by atoms with Crippen molar-refractivity contribution in [2.24, 2.45) is 0 Å². The van der Waals surface area contributed by atoms with Gasteiger partial charge in [-0.15, -0.1) is 11.8 Å². The van der Waals surface area contributed by atoms with E-state index >= 15 is 0 Å². The van der Waals surface area contributed by atoms with Crippen molar-refractivity contribution >= 4 is 35.5 Å². The van der Waals surface area contributed by atoms with Gasteiger partial charge in [0, 0.05) is 6.08 Å². The number of β-lactam (4-membered cyclic amide) rings is 1. The molecule has 0 bridgehead atoms. The summed E-state index contributed by atoms with van der Waals surface area (Å²) in [7, 11) is 0. The van der Waals surface area contributed by atoms with Gasteiger partial charge in [0.05, 0.1) is 6.61 Å². The Balaban J connectivity index is 1.96. The molecule has 1 aromatic rings. The molecule has 1 saturated heterocycles. The summed E-state index contributed by atoms with van der Waals surface area (Å²) in [6, 6.07) is 7.78. The number of rotatable bonds is 11. The highest BCUT2D eigenvalue weighted by atomic mass is 32.2. The summed E-state index contributed by atoms with van der Waals surface area (Å²) in [5.41, 5.74) is 0. The molecular formula is C19H22N2O8S. The third-order valence-electron chi connectivity index (χ3n) is 3.80. The lowest BCUT2D eigenvalue weighted by molar-refractivity contribution is -0.162. The average molecular weight is 438 g/mol. The van der Waals surface area contributed by atoms with Crippen molar-refractivity contribution in [2.45, 2.75) is 18.3 Å². The van der Waals surface area contributed by atoms with Crippen molar-refractivity contribution in [3.05, 3.63) is 41.8 Å². The number of aliphatic hydroxyl groups excluding tert-OH is 1. The molecule has 0 radical (unpaired) electrons. The molecule has 0 spiro atoms. The van der Waals surface area contributed by atoms with Gasteiger partial charge in [0.25, 0.3) is 5.91 Å². The van der Waals surface area contributed by atoms with E-state index in [0.717, 1.165) is 11.8 Å². The smallest absolute Gasteiger partial charge is 0.331 e. The average Bonchev–Trinajstić information content (AvgIpc) is 2.74.